The van der Waals surface area contributed by atoms with E-state index in [0.29, 0.717) is 16.6 Å². The van der Waals surface area contributed by atoms with Crippen LogP contribution in [0.25, 0.3) is 10.9 Å². The summed E-state index contributed by atoms with van der Waals surface area (Å²) < 4.78 is 2.65. The van der Waals surface area contributed by atoms with Crippen LogP contribution in [0.2, 0.25) is 0 Å². The van der Waals surface area contributed by atoms with Crippen LogP contribution in [0.3, 0.4) is 0 Å². The molecular weight excluding hydrogens is 282 g/mol. The van der Waals surface area contributed by atoms with Crippen LogP contribution >= 0.6 is 0 Å². The van der Waals surface area contributed by atoms with Gasteiger partial charge < -0.3 is 5.32 Å². The highest BCUT2D eigenvalue weighted by atomic mass is 16.2. The fraction of sp³-hybridized carbons (Fsp3) is 0.200. The summed E-state index contributed by atoms with van der Waals surface area (Å²) in [5.41, 5.74) is 1.53. The fourth-order valence-corrected chi connectivity index (χ4v) is 2.36. The van der Waals surface area contributed by atoms with Gasteiger partial charge in [-0.2, -0.15) is 10.2 Å². The molecule has 2 heterocycles. The van der Waals surface area contributed by atoms with E-state index in [4.69, 9.17) is 0 Å². The quantitative estimate of drug-likeness (QED) is 0.784. The molecule has 22 heavy (non-hydrogen) atoms. The monoisotopic (exact) mass is 297 g/mol. The fourth-order valence-electron chi connectivity index (χ4n) is 2.36. The van der Waals surface area contributed by atoms with Crippen molar-refractivity contribution in [2.45, 2.75) is 13.5 Å². The largest absolute Gasteiger partial charge is 0.324 e. The minimum absolute atomic E-state index is 0.145. The summed E-state index contributed by atoms with van der Waals surface area (Å²) in [5, 5.41) is 11.7. The molecule has 1 aromatic carbocycles. The Hall–Kier alpha value is -2.96. The summed E-state index contributed by atoms with van der Waals surface area (Å²) in [5.74, 6) is -0.306. The van der Waals surface area contributed by atoms with Crippen molar-refractivity contribution in [1.29, 1.82) is 0 Å². The highest BCUT2D eigenvalue weighted by Crippen LogP contribution is 2.11. The predicted octanol–water partition coefficient (Wildman–Crippen LogP) is 1.08. The van der Waals surface area contributed by atoms with Crippen LogP contribution in [0.15, 0.2) is 41.3 Å². The number of benzene rings is 1. The third kappa shape index (κ3) is 2.48. The average Bonchev–Trinajstić information content (AvgIpc) is 2.78. The molecule has 1 amide bonds. The van der Waals surface area contributed by atoms with Crippen LogP contribution < -0.4 is 10.9 Å². The van der Waals surface area contributed by atoms with Gasteiger partial charge in [0.25, 0.3) is 5.56 Å². The van der Waals surface area contributed by atoms with Crippen LogP contribution in [0.5, 0.6) is 0 Å². The Balaban J connectivity index is 1.88. The molecule has 0 radical (unpaired) electrons. The molecule has 3 aromatic rings. The third-order valence-electron chi connectivity index (χ3n) is 3.38. The molecule has 7 nitrogen and oxygen atoms in total. The Morgan fingerprint density at radius 1 is 1.27 bits per heavy atom. The van der Waals surface area contributed by atoms with E-state index < -0.39 is 0 Å². The number of fused-ring (bicyclic) bond motifs is 1. The number of aromatic nitrogens is 4. The molecule has 2 aromatic heterocycles. The molecule has 0 spiro atoms. The Kier molecular flexibility index (Phi) is 3.46. The summed E-state index contributed by atoms with van der Waals surface area (Å²) in [6.45, 7) is 1.67. The van der Waals surface area contributed by atoms with E-state index in [9.17, 15) is 9.59 Å². The summed E-state index contributed by atoms with van der Waals surface area (Å²) >= 11 is 0. The van der Waals surface area contributed by atoms with Gasteiger partial charge in [0, 0.05) is 18.1 Å². The van der Waals surface area contributed by atoms with E-state index in [1.54, 1.807) is 25.4 Å². The van der Waals surface area contributed by atoms with Gasteiger partial charge >= 0.3 is 0 Å². The van der Waals surface area contributed by atoms with Gasteiger partial charge in [0.2, 0.25) is 5.91 Å². The Morgan fingerprint density at radius 2 is 2.00 bits per heavy atom. The number of carbonyl (C=O) groups excluding carboxylic acids is 1. The summed E-state index contributed by atoms with van der Waals surface area (Å²) in [6.07, 6.45) is 1.56. The first kappa shape index (κ1) is 14.0. The second-order valence-electron chi connectivity index (χ2n) is 4.99. The van der Waals surface area contributed by atoms with Crippen molar-refractivity contribution in [1.82, 2.24) is 19.6 Å². The number of anilines is 1. The van der Waals surface area contributed by atoms with Gasteiger partial charge in [-0.25, -0.2) is 4.68 Å². The highest BCUT2D eigenvalue weighted by molar-refractivity contribution is 5.90. The second-order valence-corrected chi connectivity index (χ2v) is 4.99. The van der Waals surface area contributed by atoms with E-state index in [2.05, 4.69) is 15.5 Å². The molecule has 0 aliphatic carbocycles. The number of carbonyl (C=O) groups is 1. The molecule has 0 aliphatic rings. The number of nitrogens with zero attached hydrogens (tertiary/aromatic N) is 4. The topological polar surface area (TPSA) is 81.8 Å². The molecule has 0 saturated heterocycles. The van der Waals surface area contributed by atoms with Crippen molar-refractivity contribution in [2.24, 2.45) is 7.05 Å². The minimum Gasteiger partial charge on any atom is -0.324 e. The first-order valence-corrected chi connectivity index (χ1v) is 6.80. The Bertz CT molecular complexity index is 895. The van der Waals surface area contributed by atoms with Crippen molar-refractivity contribution < 1.29 is 4.79 Å². The van der Waals surface area contributed by atoms with E-state index in [0.717, 1.165) is 10.4 Å². The van der Waals surface area contributed by atoms with E-state index in [-0.39, 0.29) is 18.0 Å². The van der Waals surface area contributed by atoms with Gasteiger partial charge in [-0.1, -0.05) is 18.2 Å². The maximum atomic E-state index is 12.4. The number of para-hydroxylation sites is 1. The van der Waals surface area contributed by atoms with Crippen LogP contribution in [0, 0.1) is 6.92 Å². The van der Waals surface area contributed by atoms with Gasteiger partial charge in [-0.3, -0.25) is 14.3 Å². The zero-order valence-electron chi connectivity index (χ0n) is 12.3. The number of amides is 1. The first-order chi connectivity index (χ1) is 10.6. The lowest BCUT2D eigenvalue weighted by molar-refractivity contribution is -0.117. The predicted molar refractivity (Wildman–Crippen MR) is 82.6 cm³/mol. The second kappa shape index (κ2) is 5.44. The van der Waals surface area contributed by atoms with E-state index >= 15 is 0 Å². The smallest absolute Gasteiger partial charge is 0.293 e. The van der Waals surface area contributed by atoms with Crippen LogP contribution in [-0.2, 0) is 18.4 Å². The van der Waals surface area contributed by atoms with E-state index in [1.807, 2.05) is 25.1 Å². The molecule has 1 N–H and O–H groups in total. The van der Waals surface area contributed by atoms with E-state index in [1.165, 1.54) is 4.68 Å². The molecular formula is C15H15N5O2. The number of nitrogens with one attached hydrogen (secondary N) is 1. The van der Waals surface area contributed by atoms with Gasteiger partial charge in [-0.15, -0.1) is 0 Å². The lowest BCUT2D eigenvalue weighted by atomic mass is 10.3. The molecule has 0 fully saturated rings. The molecule has 0 saturated carbocycles. The van der Waals surface area contributed by atoms with Crippen molar-refractivity contribution in [3.8, 4) is 0 Å². The van der Waals surface area contributed by atoms with Crippen LogP contribution in [-0.4, -0.2) is 25.5 Å². The normalized spacial score (nSPS) is 10.8. The lowest BCUT2D eigenvalue weighted by Gasteiger charge is -2.06. The van der Waals surface area contributed by atoms with Crippen molar-refractivity contribution >= 4 is 22.5 Å². The summed E-state index contributed by atoms with van der Waals surface area (Å²) in [4.78, 5) is 24.4. The minimum atomic E-state index is -0.330. The molecule has 112 valence electrons. The van der Waals surface area contributed by atoms with Crippen molar-refractivity contribution in [2.75, 3.05) is 5.32 Å². The zero-order chi connectivity index (χ0) is 15.7. The number of hydrogen-bond donors (Lipinski definition) is 1. The SMILES string of the molecule is Cc1nn(C)c2c(=O)n(CC(=O)Nc3ccccc3)ncc12. The highest BCUT2D eigenvalue weighted by Gasteiger charge is 2.13. The summed E-state index contributed by atoms with van der Waals surface area (Å²) in [6, 6.07) is 9.07. The van der Waals surface area contributed by atoms with Gasteiger partial charge in [0.05, 0.1) is 11.9 Å². The maximum Gasteiger partial charge on any atom is 0.293 e. The Labute approximate surface area is 126 Å². The van der Waals surface area contributed by atoms with Gasteiger partial charge in [0.1, 0.15) is 12.1 Å². The van der Waals surface area contributed by atoms with Crippen molar-refractivity contribution in [3.05, 3.63) is 52.6 Å². The Morgan fingerprint density at radius 3 is 2.73 bits per heavy atom. The van der Waals surface area contributed by atoms with Crippen LogP contribution in [0.1, 0.15) is 5.69 Å². The first-order valence-electron chi connectivity index (χ1n) is 6.80. The maximum absolute atomic E-state index is 12.4. The molecule has 0 bridgehead atoms. The molecule has 0 unspecified atom stereocenters. The molecule has 3 rings (SSSR count). The number of rotatable bonds is 3. The number of aryl methyl sites for hydroxylation is 2. The average molecular weight is 297 g/mol. The number of hydrogen-bond acceptors (Lipinski definition) is 4. The molecule has 7 heteroatoms. The standard InChI is InChI=1S/C15H15N5O2/c1-10-12-8-16-20(15(22)14(12)19(2)18-10)9-13(21)17-11-6-4-3-5-7-11/h3-8H,9H2,1-2H3,(H,17,21). The van der Waals surface area contributed by atoms with Crippen LogP contribution in [0.4, 0.5) is 5.69 Å². The lowest BCUT2D eigenvalue weighted by Crippen LogP contribution is -2.30. The molecule has 0 aliphatic heterocycles. The van der Waals surface area contributed by atoms with Crippen molar-refractivity contribution in [3.63, 3.8) is 0 Å². The third-order valence-corrected chi connectivity index (χ3v) is 3.38. The van der Waals surface area contributed by atoms with Gasteiger partial charge in [-0.05, 0) is 19.1 Å². The molecule has 0 atom stereocenters. The van der Waals surface area contributed by atoms with Gasteiger partial charge in [0.15, 0.2) is 0 Å². The zero-order valence-corrected chi connectivity index (χ0v) is 12.3. The summed E-state index contributed by atoms with van der Waals surface area (Å²) in [7, 11) is 1.70.